The smallest absolute Gasteiger partial charge is 0.263 e. The number of hydrogen-bond acceptors (Lipinski definition) is 5. The Labute approximate surface area is 184 Å². The molecule has 0 unspecified atom stereocenters. The number of halogens is 1. The van der Waals surface area contributed by atoms with E-state index in [9.17, 15) is 4.79 Å². The van der Waals surface area contributed by atoms with Crippen LogP contribution in [0.25, 0.3) is 16.7 Å². The molecule has 1 fully saturated rings. The fourth-order valence-corrected chi connectivity index (χ4v) is 4.51. The van der Waals surface area contributed by atoms with Crippen molar-refractivity contribution in [2.24, 2.45) is 0 Å². The molecule has 2 aromatic heterocycles. The van der Waals surface area contributed by atoms with Crippen LogP contribution in [-0.2, 0) is 6.54 Å². The maximum absolute atomic E-state index is 13.5. The number of ether oxygens (including phenoxy) is 1. The van der Waals surface area contributed by atoms with Gasteiger partial charge in [0, 0.05) is 18.1 Å². The van der Waals surface area contributed by atoms with Crippen LogP contribution in [0.3, 0.4) is 0 Å². The minimum Gasteiger partial charge on any atom is -0.497 e. The van der Waals surface area contributed by atoms with Gasteiger partial charge >= 0.3 is 0 Å². The van der Waals surface area contributed by atoms with Gasteiger partial charge in [-0.25, -0.2) is 4.40 Å². The largest absolute Gasteiger partial charge is 0.497 e. The SMILES string of the molecule is COc1cccc(Cn2c(=O)c3cc(Cl)ccc3n3c(N4CCCCCC4)nnc23)c1. The van der Waals surface area contributed by atoms with E-state index in [4.69, 9.17) is 16.3 Å². The van der Waals surface area contributed by atoms with Crippen molar-refractivity contribution in [3.8, 4) is 5.75 Å². The van der Waals surface area contributed by atoms with Crippen molar-refractivity contribution in [3.05, 3.63) is 63.4 Å². The molecule has 2 aromatic carbocycles. The first-order chi connectivity index (χ1) is 15.2. The zero-order chi connectivity index (χ0) is 21.4. The molecule has 1 aliphatic rings. The standard InChI is InChI=1S/C23H24ClN5O2/c1-31-18-8-6-7-16(13-18)15-28-21(30)19-14-17(24)9-10-20(19)29-22(25-26-23(28)29)27-11-4-2-3-5-12-27/h6-10,13-14H,2-5,11-12,15H2,1H3. The van der Waals surface area contributed by atoms with Gasteiger partial charge in [0.05, 0.1) is 24.6 Å². The van der Waals surface area contributed by atoms with Gasteiger partial charge in [-0.05, 0) is 48.7 Å². The summed E-state index contributed by atoms with van der Waals surface area (Å²) in [5.41, 5.74) is 1.59. The molecule has 1 aliphatic heterocycles. The molecule has 4 aromatic rings. The fourth-order valence-electron chi connectivity index (χ4n) is 4.34. The number of rotatable bonds is 4. The second-order valence-electron chi connectivity index (χ2n) is 7.94. The molecule has 0 N–H and O–H groups in total. The summed E-state index contributed by atoms with van der Waals surface area (Å²) in [5.74, 6) is 2.06. The van der Waals surface area contributed by atoms with E-state index in [1.165, 1.54) is 12.8 Å². The van der Waals surface area contributed by atoms with Crippen LogP contribution in [-0.4, -0.2) is 39.4 Å². The highest BCUT2D eigenvalue weighted by Gasteiger charge is 2.21. The Morgan fingerprint density at radius 1 is 1.03 bits per heavy atom. The van der Waals surface area contributed by atoms with E-state index in [0.29, 0.717) is 22.7 Å². The van der Waals surface area contributed by atoms with Crippen molar-refractivity contribution in [3.63, 3.8) is 0 Å². The van der Waals surface area contributed by atoms with Crippen molar-refractivity contribution >= 4 is 34.2 Å². The second-order valence-corrected chi connectivity index (χ2v) is 8.38. The second kappa shape index (κ2) is 8.23. The quantitative estimate of drug-likeness (QED) is 0.480. The van der Waals surface area contributed by atoms with E-state index in [1.807, 2.05) is 34.7 Å². The van der Waals surface area contributed by atoms with Crippen LogP contribution < -0.4 is 15.2 Å². The topological polar surface area (TPSA) is 64.7 Å². The van der Waals surface area contributed by atoms with Crippen LogP contribution in [0.1, 0.15) is 31.2 Å². The Kier molecular flexibility index (Phi) is 5.28. The Morgan fingerprint density at radius 3 is 2.61 bits per heavy atom. The van der Waals surface area contributed by atoms with E-state index >= 15 is 0 Å². The Bertz CT molecular complexity index is 1300. The first kappa shape index (κ1) is 19.9. The maximum Gasteiger partial charge on any atom is 0.263 e. The van der Waals surface area contributed by atoms with Crippen LogP contribution in [0.2, 0.25) is 5.02 Å². The lowest BCUT2D eigenvalue weighted by molar-refractivity contribution is 0.414. The van der Waals surface area contributed by atoms with Gasteiger partial charge < -0.3 is 9.64 Å². The zero-order valence-electron chi connectivity index (χ0n) is 17.4. The third kappa shape index (κ3) is 3.63. The molecular formula is C23H24ClN5O2. The molecule has 0 saturated carbocycles. The van der Waals surface area contributed by atoms with E-state index in [2.05, 4.69) is 15.1 Å². The average Bonchev–Trinajstić information content (AvgIpc) is 3.04. The highest BCUT2D eigenvalue weighted by atomic mass is 35.5. The number of aromatic nitrogens is 4. The van der Waals surface area contributed by atoms with Gasteiger partial charge in [0.25, 0.3) is 5.56 Å². The molecule has 8 heteroatoms. The summed E-state index contributed by atoms with van der Waals surface area (Å²) >= 11 is 6.26. The molecule has 0 spiro atoms. The predicted octanol–water partition coefficient (Wildman–Crippen LogP) is 4.13. The van der Waals surface area contributed by atoms with E-state index in [-0.39, 0.29) is 5.56 Å². The molecule has 5 rings (SSSR count). The summed E-state index contributed by atoms with van der Waals surface area (Å²) in [6.45, 7) is 2.23. The summed E-state index contributed by atoms with van der Waals surface area (Å²) in [7, 11) is 1.63. The lowest BCUT2D eigenvalue weighted by atomic mass is 10.2. The first-order valence-electron chi connectivity index (χ1n) is 10.6. The van der Waals surface area contributed by atoms with Crippen molar-refractivity contribution < 1.29 is 4.74 Å². The molecule has 3 heterocycles. The lowest BCUT2D eigenvalue weighted by Crippen LogP contribution is -2.28. The normalized spacial score (nSPS) is 14.8. The highest BCUT2D eigenvalue weighted by molar-refractivity contribution is 6.31. The number of benzene rings is 2. The number of hydrogen-bond donors (Lipinski definition) is 0. The molecule has 1 saturated heterocycles. The summed E-state index contributed by atoms with van der Waals surface area (Å²) in [4.78, 5) is 15.8. The summed E-state index contributed by atoms with van der Waals surface area (Å²) in [6, 6.07) is 13.1. The van der Waals surface area contributed by atoms with Gasteiger partial charge in [0.1, 0.15) is 5.75 Å². The van der Waals surface area contributed by atoms with Crippen molar-refractivity contribution in [1.29, 1.82) is 0 Å². The van der Waals surface area contributed by atoms with Crippen LogP contribution in [0, 0.1) is 0 Å². The average molecular weight is 438 g/mol. The summed E-state index contributed by atoms with van der Waals surface area (Å²) in [5, 5.41) is 10.1. The summed E-state index contributed by atoms with van der Waals surface area (Å²) in [6.07, 6.45) is 4.71. The van der Waals surface area contributed by atoms with Crippen LogP contribution >= 0.6 is 11.6 Å². The number of nitrogens with zero attached hydrogens (tertiary/aromatic N) is 5. The summed E-state index contributed by atoms with van der Waals surface area (Å²) < 4.78 is 9.01. The fraction of sp³-hybridized carbons (Fsp3) is 0.348. The Morgan fingerprint density at radius 2 is 1.84 bits per heavy atom. The predicted molar refractivity (Wildman–Crippen MR) is 123 cm³/mol. The zero-order valence-corrected chi connectivity index (χ0v) is 18.2. The number of anilines is 1. The van der Waals surface area contributed by atoms with Gasteiger partial charge in [-0.15, -0.1) is 10.2 Å². The lowest BCUT2D eigenvalue weighted by Gasteiger charge is -2.21. The van der Waals surface area contributed by atoms with E-state index < -0.39 is 0 Å². The molecule has 0 radical (unpaired) electrons. The molecule has 31 heavy (non-hydrogen) atoms. The van der Waals surface area contributed by atoms with Crippen LogP contribution in [0.5, 0.6) is 5.75 Å². The van der Waals surface area contributed by atoms with Gasteiger partial charge in [-0.1, -0.05) is 36.6 Å². The molecule has 0 amide bonds. The molecule has 0 bridgehead atoms. The monoisotopic (exact) mass is 437 g/mol. The Hall–Kier alpha value is -3.06. The van der Waals surface area contributed by atoms with Crippen molar-refractivity contribution in [2.75, 3.05) is 25.1 Å². The van der Waals surface area contributed by atoms with Crippen molar-refractivity contribution in [1.82, 2.24) is 19.2 Å². The molecular weight excluding hydrogens is 414 g/mol. The third-order valence-electron chi connectivity index (χ3n) is 5.91. The van der Waals surface area contributed by atoms with Gasteiger partial charge in [-0.2, -0.15) is 0 Å². The van der Waals surface area contributed by atoms with Gasteiger partial charge in [0.2, 0.25) is 11.7 Å². The molecule has 160 valence electrons. The Balaban J connectivity index is 1.74. The number of fused-ring (bicyclic) bond motifs is 3. The number of methoxy groups -OCH3 is 1. The van der Waals surface area contributed by atoms with Gasteiger partial charge in [-0.3, -0.25) is 9.36 Å². The van der Waals surface area contributed by atoms with E-state index in [1.54, 1.807) is 23.8 Å². The van der Waals surface area contributed by atoms with E-state index in [0.717, 1.165) is 48.7 Å². The minimum atomic E-state index is -0.136. The molecule has 0 atom stereocenters. The molecule has 7 nitrogen and oxygen atoms in total. The molecule has 0 aliphatic carbocycles. The van der Waals surface area contributed by atoms with Gasteiger partial charge in [0.15, 0.2) is 0 Å². The minimum absolute atomic E-state index is 0.136. The third-order valence-corrected chi connectivity index (χ3v) is 6.14. The van der Waals surface area contributed by atoms with Crippen molar-refractivity contribution in [2.45, 2.75) is 32.2 Å². The maximum atomic E-state index is 13.5. The van der Waals surface area contributed by atoms with Crippen LogP contribution in [0.4, 0.5) is 5.95 Å². The first-order valence-corrected chi connectivity index (χ1v) is 11.0. The van der Waals surface area contributed by atoms with Crippen LogP contribution in [0.15, 0.2) is 47.3 Å². The highest BCUT2D eigenvalue weighted by Crippen LogP contribution is 2.25.